The minimum absolute atomic E-state index is 0.0874. The molecule has 194 valence electrons. The van der Waals surface area contributed by atoms with Crippen LogP contribution in [0.3, 0.4) is 0 Å². The molecule has 0 amide bonds. The molecule has 3 heterocycles. The fourth-order valence-electron chi connectivity index (χ4n) is 6.52. The van der Waals surface area contributed by atoms with Gasteiger partial charge in [-0.1, -0.05) is 54.6 Å². The van der Waals surface area contributed by atoms with Gasteiger partial charge in [-0.05, 0) is 78.4 Å². The molecule has 0 bridgehead atoms. The van der Waals surface area contributed by atoms with Crippen molar-refractivity contribution in [2.45, 2.75) is 25.0 Å². The summed E-state index contributed by atoms with van der Waals surface area (Å²) in [7, 11) is 2.08. The third-order valence-electron chi connectivity index (χ3n) is 8.83. The van der Waals surface area contributed by atoms with Crippen LogP contribution in [0.1, 0.15) is 19.4 Å². The Morgan fingerprint density at radius 2 is 1.50 bits per heavy atom. The monoisotopic (exact) mass is 538 g/mol. The van der Waals surface area contributed by atoms with Crippen LogP contribution in [-0.2, 0) is 5.41 Å². The minimum Gasteiger partial charge on any atom is -0.459 e. The first-order chi connectivity index (χ1) is 19.4. The Hall–Kier alpha value is -4.48. The van der Waals surface area contributed by atoms with Crippen LogP contribution in [0.4, 0.5) is 11.4 Å². The predicted octanol–water partition coefficient (Wildman–Crippen LogP) is 8.45. The fraction of sp³-hybridized carbons (Fsp3) is 0.143. The van der Waals surface area contributed by atoms with Gasteiger partial charge in [0.1, 0.15) is 11.4 Å². The first-order valence-corrected chi connectivity index (χ1v) is 14.3. The van der Waals surface area contributed by atoms with Crippen molar-refractivity contribution in [3.8, 4) is 16.9 Å². The normalized spacial score (nSPS) is 18.8. The van der Waals surface area contributed by atoms with Crippen molar-refractivity contribution in [1.29, 1.82) is 0 Å². The van der Waals surface area contributed by atoms with Gasteiger partial charge in [0, 0.05) is 38.3 Å². The molecule has 6 aromatic rings. The number of benzene rings is 5. The van der Waals surface area contributed by atoms with E-state index in [-0.39, 0.29) is 5.43 Å². The van der Waals surface area contributed by atoms with E-state index in [2.05, 4.69) is 74.3 Å². The van der Waals surface area contributed by atoms with Crippen molar-refractivity contribution in [2.75, 3.05) is 11.9 Å². The highest BCUT2D eigenvalue weighted by Crippen LogP contribution is 2.55. The maximum atomic E-state index is 13.4. The molecule has 0 saturated carbocycles. The lowest BCUT2D eigenvalue weighted by Crippen LogP contribution is -2.61. The molecule has 5 heteroatoms. The molecule has 0 fully saturated rings. The highest BCUT2D eigenvalue weighted by Gasteiger charge is 2.58. The van der Waals surface area contributed by atoms with Gasteiger partial charge in [-0.25, -0.2) is 0 Å². The number of ether oxygens (including phenoxy) is 1. The van der Waals surface area contributed by atoms with E-state index in [0.29, 0.717) is 0 Å². The third-order valence-corrected chi connectivity index (χ3v) is 9.98. The van der Waals surface area contributed by atoms with E-state index in [0.717, 1.165) is 59.2 Å². The van der Waals surface area contributed by atoms with Gasteiger partial charge in [0.25, 0.3) is 0 Å². The minimum atomic E-state index is -0.768. The number of aliphatic imine (C=N–C) groups is 1. The fourth-order valence-corrected chi connectivity index (χ4v) is 7.58. The molecule has 0 N–H and O–H groups in total. The largest absolute Gasteiger partial charge is 0.459 e. The smallest absolute Gasteiger partial charge is 0.228 e. The Morgan fingerprint density at radius 1 is 0.775 bits per heavy atom. The van der Waals surface area contributed by atoms with Gasteiger partial charge in [-0.15, -0.1) is 11.3 Å². The molecular weight excluding hydrogens is 512 g/mol. The van der Waals surface area contributed by atoms with Crippen LogP contribution in [-0.4, -0.2) is 19.0 Å². The van der Waals surface area contributed by atoms with Gasteiger partial charge in [0.15, 0.2) is 5.43 Å². The summed E-state index contributed by atoms with van der Waals surface area (Å²) in [6, 6.07) is 33.1. The van der Waals surface area contributed by atoms with Crippen LogP contribution in [0.5, 0.6) is 5.75 Å². The lowest BCUT2D eigenvalue weighted by molar-refractivity contribution is 0.0827. The van der Waals surface area contributed by atoms with Crippen molar-refractivity contribution >= 4 is 59.9 Å². The number of fused-ring (bicyclic) bond motifs is 6. The molecule has 8 rings (SSSR count). The summed E-state index contributed by atoms with van der Waals surface area (Å²) in [6.45, 7) is 4.45. The summed E-state index contributed by atoms with van der Waals surface area (Å²) in [6.07, 6.45) is 1.98. The quantitative estimate of drug-likeness (QED) is 0.197. The van der Waals surface area contributed by atoms with Gasteiger partial charge in [-0.2, -0.15) is 0 Å². The van der Waals surface area contributed by atoms with Crippen molar-refractivity contribution in [2.24, 2.45) is 4.99 Å². The molecule has 1 aromatic heterocycles. The molecule has 40 heavy (non-hydrogen) atoms. The Labute approximate surface area is 235 Å². The summed E-state index contributed by atoms with van der Waals surface area (Å²) in [4.78, 5) is 20.6. The third kappa shape index (κ3) is 3.01. The zero-order chi connectivity index (χ0) is 27.2. The van der Waals surface area contributed by atoms with E-state index in [9.17, 15) is 4.79 Å². The van der Waals surface area contributed by atoms with E-state index in [1.54, 1.807) is 11.3 Å². The summed E-state index contributed by atoms with van der Waals surface area (Å²) < 4.78 is 8.92. The summed E-state index contributed by atoms with van der Waals surface area (Å²) >= 11 is 1.66. The lowest BCUT2D eigenvalue weighted by Gasteiger charge is -2.45. The van der Waals surface area contributed by atoms with E-state index in [1.807, 2.05) is 54.7 Å². The van der Waals surface area contributed by atoms with Gasteiger partial charge in [0.05, 0.1) is 11.6 Å². The standard InChI is InChI=1S/C35H26N2O2S/c1-34(2)27-19-23(22-14-17-31-26(18-22)33(38)25-10-6-7-11-30(25)40-31)12-15-28(27)37(3)35(34)20-36-32-24-9-5-4-8-21(24)13-16-29(32)39-35/h4-20H,1-3H3. The number of likely N-dealkylation sites (N-methyl/N-ethyl adjacent to an activating group) is 1. The van der Waals surface area contributed by atoms with Crippen molar-refractivity contribution in [3.63, 3.8) is 0 Å². The Bertz CT molecular complexity index is 2130. The SMILES string of the molecule is CN1c2ccc(-c3ccc4sc5ccccc5c(=O)c4c3)cc2C(C)(C)C12C=Nc1c(ccc3ccccc13)O2. The average molecular weight is 539 g/mol. The Morgan fingerprint density at radius 3 is 2.38 bits per heavy atom. The molecule has 2 aliphatic heterocycles. The molecule has 2 aliphatic rings. The maximum Gasteiger partial charge on any atom is 0.228 e. The van der Waals surface area contributed by atoms with Crippen LogP contribution in [0.15, 0.2) is 107 Å². The lowest BCUT2D eigenvalue weighted by atomic mass is 9.77. The van der Waals surface area contributed by atoms with E-state index >= 15 is 0 Å². The summed E-state index contributed by atoms with van der Waals surface area (Å²) in [5, 5.41) is 3.78. The van der Waals surface area contributed by atoms with Crippen LogP contribution >= 0.6 is 11.3 Å². The van der Waals surface area contributed by atoms with Gasteiger partial charge in [-0.3, -0.25) is 9.79 Å². The second-order valence-corrected chi connectivity index (χ2v) is 12.3. The second-order valence-electron chi connectivity index (χ2n) is 11.2. The van der Waals surface area contributed by atoms with E-state index in [1.165, 1.54) is 5.56 Å². The molecule has 0 saturated heterocycles. The molecule has 1 atom stereocenters. The van der Waals surface area contributed by atoms with Crippen LogP contribution < -0.4 is 15.1 Å². The molecule has 1 spiro atoms. The number of rotatable bonds is 1. The van der Waals surface area contributed by atoms with Crippen LogP contribution in [0.25, 0.3) is 42.1 Å². The molecule has 0 aliphatic carbocycles. The summed E-state index contributed by atoms with van der Waals surface area (Å²) in [5.74, 6) is 0.792. The molecule has 5 aromatic carbocycles. The maximum absolute atomic E-state index is 13.4. The molecule has 4 nitrogen and oxygen atoms in total. The Kier molecular flexibility index (Phi) is 4.70. The van der Waals surface area contributed by atoms with E-state index in [4.69, 9.17) is 9.73 Å². The highest BCUT2D eigenvalue weighted by molar-refractivity contribution is 7.24. The highest BCUT2D eigenvalue weighted by atomic mass is 32.1. The van der Waals surface area contributed by atoms with Gasteiger partial charge >= 0.3 is 0 Å². The van der Waals surface area contributed by atoms with Crippen molar-refractivity contribution < 1.29 is 4.74 Å². The number of nitrogens with zero attached hydrogens (tertiary/aromatic N) is 2. The van der Waals surface area contributed by atoms with Gasteiger partial charge in [0.2, 0.25) is 5.72 Å². The van der Waals surface area contributed by atoms with Crippen molar-refractivity contribution in [1.82, 2.24) is 0 Å². The van der Waals surface area contributed by atoms with E-state index < -0.39 is 11.1 Å². The number of anilines is 1. The second kappa shape index (κ2) is 8.03. The van der Waals surface area contributed by atoms with Crippen molar-refractivity contribution in [3.05, 3.63) is 113 Å². The zero-order valence-electron chi connectivity index (χ0n) is 22.4. The zero-order valence-corrected chi connectivity index (χ0v) is 23.3. The molecular formula is C35H26N2O2S. The van der Waals surface area contributed by atoms with Gasteiger partial charge < -0.3 is 9.64 Å². The topological polar surface area (TPSA) is 41.9 Å². The number of hydrogen-bond acceptors (Lipinski definition) is 5. The molecule has 1 unspecified atom stereocenters. The summed E-state index contributed by atoms with van der Waals surface area (Å²) in [5.41, 5.74) is 4.20. The first kappa shape index (κ1) is 23.4. The predicted molar refractivity (Wildman–Crippen MR) is 168 cm³/mol. The molecule has 0 radical (unpaired) electrons. The first-order valence-electron chi connectivity index (χ1n) is 13.5. The Balaban J connectivity index is 1.24. The average Bonchev–Trinajstić information content (AvgIpc) is 3.14. The number of hydrogen-bond donors (Lipinski definition) is 0. The van der Waals surface area contributed by atoms with Crippen LogP contribution in [0, 0.1) is 0 Å². The van der Waals surface area contributed by atoms with Crippen LogP contribution in [0.2, 0.25) is 0 Å².